The van der Waals surface area contributed by atoms with E-state index < -0.39 is 0 Å². The highest BCUT2D eigenvalue weighted by Crippen LogP contribution is 2.55. The molecule has 2 aliphatic heterocycles. The van der Waals surface area contributed by atoms with E-state index in [1.165, 1.54) is 27.5 Å². The first kappa shape index (κ1) is 58.0. The van der Waals surface area contributed by atoms with E-state index in [4.69, 9.17) is 6.57 Å². The Bertz CT molecular complexity index is 5300. The maximum atomic E-state index is 10.3. The van der Waals surface area contributed by atoms with Crippen LogP contribution in [0.5, 0.6) is 0 Å². The van der Waals surface area contributed by atoms with Gasteiger partial charge in [-0.2, -0.15) is 5.26 Å². The van der Waals surface area contributed by atoms with Crippen molar-refractivity contribution in [1.29, 1.82) is 5.26 Å². The SMILES string of the molecule is [C-]#[N+]c1ccc2c(c1)c1ccccc1n2-c1ccc2c(c1)N(c1c(-c3ccccc3)cc(C(C)(C)C)cc1-c1ccccc1)c1cc(C)cc3c1B2c1ccc(-n2c4ccccc4c4cc(C#N)ccc42)cc1N3c1c(-c2ccccc2)cc(C(C)(C)C)cc1-c1ccccc1. The molecule has 0 aliphatic carbocycles. The normalized spacial score (nSPS) is 12.7. The third kappa shape index (κ3) is 9.21. The highest BCUT2D eigenvalue weighted by molar-refractivity contribution is 7.00. The van der Waals surface area contributed by atoms with Crippen molar-refractivity contribution in [3.05, 3.63) is 313 Å². The number of benzene rings is 13. The number of aromatic nitrogens is 2. The zero-order valence-corrected chi connectivity index (χ0v) is 54.8. The second-order valence-electron chi connectivity index (χ2n) is 28.0. The van der Waals surface area contributed by atoms with Crippen molar-refractivity contribution in [2.45, 2.75) is 59.3 Å². The maximum Gasteiger partial charge on any atom is 0.252 e. The van der Waals surface area contributed by atoms with E-state index >= 15 is 0 Å². The van der Waals surface area contributed by atoms with E-state index in [1.54, 1.807) is 0 Å². The van der Waals surface area contributed by atoms with Gasteiger partial charge >= 0.3 is 0 Å². The van der Waals surface area contributed by atoms with Gasteiger partial charge in [-0.1, -0.05) is 217 Å². The van der Waals surface area contributed by atoms with Crippen molar-refractivity contribution in [3.63, 3.8) is 0 Å². The Balaban J connectivity index is 1.05. The minimum Gasteiger partial charge on any atom is -0.310 e. The van der Waals surface area contributed by atoms with Gasteiger partial charge < -0.3 is 18.9 Å². The topological polar surface area (TPSA) is 44.5 Å². The molecule has 0 saturated heterocycles. The standard InChI is InChI=1S/C89H67BN6/c1-56-45-83-85-84(46-56)96(87-71(60-29-17-11-18-30-60)50-63(89(5,6)7)51-72(87)61-31-19-12-20-32-61)82-54-66(94-78-36-24-22-34-68(78)74-52-64(92-8)38-44-80(74)94)40-42-76(82)90(85)75-41-39-65(93-77-35-23-21-33-67(77)73-47-57(55-91)37-43-79(73)93)53-81(75)95(83)86-69(58-25-13-9-14-26-58)48-62(88(2,3)4)49-70(86)59-27-15-10-16-28-59/h9-54H,1-7H3. The zero-order chi connectivity index (χ0) is 65.3. The summed E-state index contributed by atoms with van der Waals surface area (Å²) in [6.45, 7) is 24.1. The lowest BCUT2D eigenvalue weighted by Crippen LogP contribution is -2.61. The van der Waals surface area contributed by atoms with Gasteiger partial charge in [0.1, 0.15) is 0 Å². The zero-order valence-electron chi connectivity index (χ0n) is 54.8. The molecule has 0 saturated carbocycles. The molecule has 0 spiro atoms. The molecule has 0 unspecified atom stereocenters. The van der Waals surface area contributed by atoms with Crippen LogP contribution >= 0.6 is 0 Å². The molecule has 96 heavy (non-hydrogen) atoms. The fraction of sp³-hybridized carbons (Fsp3) is 0.101. The van der Waals surface area contributed by atoms with Gasteiger partial charge in [-0.3, -0.25) is 0 Å². The molecule has 17 rings (SSSR count). The minimum atomic E-state index is -0.268. The molecular formula is C89H67BN6. The average Bonchev–Trinajstić information content (AvgIpc) is 0.726. The van der Waals surface area contributed by atoms with Gasteiger partial charge in [0.05, 0.1) is 51.6 Å². The van der Waals surface area contributed by atoms with E-state index in [2.05, 4.69) is 333 Å². The van der Waals surface area contributed by atoms with Crippen LogP contribution in [0.1, 0.15) is 63.8 Å². The Hall–Kier alpha value is -11.9. The summed E-state index contributed by atoms with van der Waals surface area (Å²) in [6, 6.07) is 105. The van der Waals surface area contributed by atoms with Crippen LogP contribution in [-0.2, 0) is 10.8 Å². The molecule has 4 heterocycles. The van der Waals surface area contributed by atoms with Gasteiger partial charge in [0, 0.05) is 72.5 Å². The third-order valence-electron chi connectivity index (χ3n) is 20.0. The van der Waals surface area contributed by atoms with Crippen LogP contribution in [0.15, 0.2) is 279 Å². The molecule has 0 N–H and O–H groups in total. The fourth-order valence-corrected chi connectivity index (χ4v) is 15.5. The van der Waals surface area contributed by atoms with Gasteiger partial charge in [0.25, 0.3) is 6.71 Å². The van der Waals surface area contributed by atoms with Crippen molar-refractivity contribution < 1.29 is 0 Å². The van der Waals surface area contributed by atoms with E-state index in [9.17, 15) is 5.26 Å². The first-order valence-corrected chi connectivity index (χ1v) is 33.2. The molecule has 0 amide bonds. The molecule has 0 radical (unpaired) electrons. The number of nitrogens with zero attached hydrogens (tertiary/aromatic N) is 6. The van der Waals surface area contributed by atoms with Crippen LogP contribution in [0.3, 0.4) is 0 Å². The molecule has 0 bridgehead atoms. The van der Waals surface area contributed by atoms with Crippen LogP contribution < -0.4 is 26.2 Å². The lowest BCUT2D eigenvalue weighted by Gasteiger charge is -2.46. The second kappa shape index (κ2) is 22.1. The molecule has 2 aliphatic rings. The quantitative estimate of drug-likeness (QED) is 0.112. The largest absolute Gasteiger partial charge is 0.310 e. The Labute approximate surface area is 561 Å². The number of fused-ring (bicyclic) bond motifs is 10. The lowest BCUT2D eigenvalue weighted by atomic mass is 9.33. The molecule has 0 fully saturated rings. The molecule has 2 aromatic heterocycles. The summed E-state index contributed by atoms with van der Waals surface area (Å²) in [7, 11) is 0. The van der Waals surface area contributed by atoms with Crippen molar-refractivity contribution >= 4 is 107 Å². The number of anilines is 6. The first-order valence-electron chi connectivity index (χ1n) is 33.2. The summed E-state index contributed by atoms with van der Waals surface area (Å²) in [5, 5.41) is 14.6. The Morgan fingerprint density at radius 3 is 1.15 bits per heavy atom. The number of para-hydroxylation sites is 2. The average molecular weight is 1230 g/mol. The highest BCUT2D eigenvalue weighted by Gasteiger charge is 2.46. The van der Waals surface area contributed by atoms with Crippen LogP contribution in [0.2, 0.25) is 0 Å². The predicted octanol–water partition coefficient (Wildman–Crippen LogP) is 22.0. The molecule has 0 atom stereocenters. The van der Waals surface area contributed by atoms with E-state index in [0.29, 0.717) is 11.3 Å². The van der Waals surface area contributed by atoms with Gasteiger partial charge in [-0.05, 0) is 182 Å². The fourth-order valence-electron chi connectivity index (χ4n) is 15.5. The smallest absolute Gasteiger partial charge is 0.252 e. The van der Waals surface area contributed by atoms with Crippen LogP contribution in [0.4, 0.5) is 39.8 Å². The van der Waals surface area contributed by atoms with Gasteiger partial charge in [0.15, 0.2) is 5.69 Å². The Morgan fingerprint density at radius 1 is 0.375 bits per heavy atom. The summed E-state index contributed by atoms with van der Waals surface area (Å²) >= 11 is 0. The molecule has 7 heteroatoms. The molecular weight excluding hydrogens is 1160 g/mol. The second-order valence-corrected chi connectivity index (χ2v) is 28.0. The first-order chi connectivity index (χ1) is 46.7. The molecule has 15 aromatic rings. The van der Waals surface area contributed by atoms with Gasteiger partial charge in [-0.15, -0.1) is 0 Å². The number of rotatable bonds is 8. The monoisotopic (exact) mass is 1230 g/mol. The highest BCUT2D eigenvalue weighted by atomic mass is 15.2. The van der Waals surface area contributed by atoms with E-state index in [0.717, 1.165) is 139 Å². The van der Waals surface area contributed by atoms with Crippen molar-refractivity contribution in [1.82, 2.24) is 9.13 Å². The molecule has 13 aromatic carbocycles. The van der Waals surface area contributed by atoms with E-state index in [1.807, 2.05) is 24.3 Å². The Morgan fingerprint density at radius 2 is 0.750 bits per heavy atom. The summed E-state index contributed by atoms with van der Waals surface area (Å²) < 4.78 is 4.80. The Kier molecular flexibility index (Phi) is 13.4. The minimum absolute atomic E-state index is 0.201. The molecule has 6 nitrogen and oxygen atoms in total. The van der Waals surface area contributed by atoms with Crippen LogP contribution in [0, 0.1) is 24.8 Å². The number of hydrogen-bond donors (Lipinski definition) is 0. The number of hydrogen-bond acceptors (Lipinski definition) is 3. The summed E-state index contributed by atoms with van der Waals surface area (Å²) in [6.07, 6.45) is 0. The van der Waals surface area contributed by atoms with Crippen molar-refractivity contribution in [2.24, 2.45) is 0 Å². The molecule has 456 valence electrons. The van der Waals surface area contributed by atoms with Gasteiger partial charge in [0.2, 0.25) is 0 Å². The summed E-state index contributed by atoms with van der Waals surface area (Å²) in [5.41, 5.74) is 29.8. The van der Waals surface area contributed by atoms with Crippen molar-refractivity contribution in [3.8, 4) is 62.0 Å². The number of aryl methyl sites for hydroxylation is 1. The number of nitriles is 1. The predicted molar refractivity (Wildman–Crippen MR) is 404 cm³/mol. The summed E-state index contributed by atoms with van der Waals surface area (Å²) in [4.78, 5) is 9.22. The van der Waals surface area contributed by atoms with Crippen LogP contribution in [-0.4, -0.2) is 15.8 Å². The van der Waals surface area contributed by atoms with E-state index in [-0.39, 0.29) is 17.5 Å². The maximum absolute atomic E-state index is 10.3. The lowest BCUT2D eigenvalue weighted by molar-refractivity contribution is 0.590. The van der Waals surface area contributed by atoms with Crippen molar-refractivity contribution in [2.75, 3.05) is 9.80 Å². The third-order valence-corrected chi connectivity index (χ3v) is 20.0. The van der Waals surface area contributed by atoms with Gasteiger partial charge in [-0.25, -0.2) is 4.85 Å². The summed E-state index contributed by atoms with van der Waals surface area (Å²) in [5.74, 6) is 0. The van der Waals surface area contributed by atoms with Crippen LogP contribution in [0.25, 0.3) is 104 Å².